The van der Waals surface area contributed by atoms with E-state index in [9.17, 15) is 5.11 Å². The molecule has 0 spiro atoms. The number of aliphatic hydroxyl groups is 2. The molecular weight excluding hydrogens is 214 g/mol. The van der Waals surface area contributed by atoms with Gasteiger partial charge in [-0.15, -0.1) is 0 Å². The van der Waals surface area contributed by atoms with Gasteiger partial charge in [0.15, 0.2) is 0 Å². The largest absolute Gasteiger partial charge is 0.394 e. The van der Waals surface area contributed by atoms with Gasteiger partial charge in [0, 0.05) is 13.1 Å². The molecule has 1 rings (SSSR count). The van der Waals surface area contributed by atoms with Crippen molar-refractivity contribution in [3.8, 4) is 0 Å². The Hall–Kier alpha value is -0.900. The Labute approximate surface area is 104 Å². The molecular formula is C14H23NO2. The number of aliphatic hydroxyl groups excluding tert-OH is 2. The van der Waals surface area contributed by atoms with Gasteiger partial charge in [0.05, 0.1) is 12.7 Å². The lowest BCUT2D eigenvalue weighted by Crippen LogP contribution is -2.32. The van der Waals surface area contributed by atoms with E-state index in [1.807, 2.05) is 11.9 Å². The fraction of sp³-hybridized carbons (Fsp3) is 0.571. The van der Waals surface area contributed by atoms with Crippen LogP contribution in [0.2, 0.25) is 0 Å². The molecule has 0 fully saturated rings. The third-order valence-electron chi connectivity index (χ3n) is 3.09. The zero-order valence-electron chi connectivity index (χ0n) is 11.0. The monoisotopic (exact) mass is 237 g/mol. The highest BCUT2D eigenvalue weighted by Gasteiger charge is 2.06. The van der Waals surface area contributed by atoms with E-state index in [4.69, 9.17) is 5.11 Å². The van der Waals surface area contributed by atoms with Crippen LogP contribution in [0.15, 0.2) is 18.2 Å². The van der Waals surface area contributed by atoms with E-state index in [0.29, 0.717) is 6.54 Å². The van der Waals surface area contributed by atoms with Gasteiger partial charge in [-0.2, -0.15) is 0 Å². The first-order valence-electron chi connectivity index (χ1n) is 6.06. The molecule has 2 N–H and O–H groups in total. The SMILES string of the molecule is Cc1ccc(CCN(C)CC(O)CO)cc1C. The van der Waals surface area contributed by atoms with E-state index in [1.165, 1.54) is 16.7 Å². The van der Waals surface area contributed by atoms with Crippen molar-refractivity contribution in [3.63, 3.8) is 0 Å². The Morgan fingerprint density at radius 2 is 1.94 bits per heavy atom. The van der Waals surface area contributed by atoms with Gasteiger partial charge in [-0.3, -0.25) is 0 Å². The highest BCUT2D eigenvalue weighted by molar-refractivity contribution is 5.30. The molecule has 96 valence electrons. The smallest absolute Gasteiger partial charge is 0.0897 e. The van der Waals surface area contributed by atoms with Crippen LogP contribution in [0.25, 0.3) is 0 Å². The highest BCUT2D eigenvalue weighted by Crippen LogP contribution is 2.10. The maximum atomic E-state index is 9.31. The number of benzene rings is 1. The van der Waals surface area contributed by atoms with Crippen LogP contribution in [-0.4, -0.2) is 48.0 Å². The number of aryl methyl sites for hydroxylation is 2. The predicted molar refractivity (Wildman–Crippen MR) is 70.2 cm³/mol. The van der Waals surface area contributed by atoms with Gasteiger partial charge in [0.2, 0.25) is 0 Å². The topological polar surface area (TPSA) is 43.7 Å². The van der Waals surface area contributed by atoms with Gasteiger partial charge in [0.25, 0.3) is 0 Å². The third kappa shape index (κ3) is 4.86. The summed E-state index contributed by atoms with van der Waals surface area (Å²) in [5.41, 5.74) is 3.96. The molecule has 3 nitrogen and oxygen atoms in total. The Kier molecular flexibility index (Phi) is 5.62. The van der Waals surface area contributed by atoms with Gasteiger partial charge < -0.3 is 15.1 Å². The number of hydrogen-bond donors (Lipinski definition) is 2. The minimum absolute atomic E-state index is 0.173. The molecule has 1 atom stereocenters. The van der Waals surface area contributed by atoms with Crippen LogP contribution < -0.4 is 0 Å². The summed E-state index contributed by atoms with van der Waals surface area (Å²) in [5.74, 6) is 0. The van der Waals surface area contributed by atoms with Crippen LogP contribution in [0, 0.1) is 13.8 Å². The average Bonchev–Trinajstić information content (AvgIpc) is 2.30. The minimum Gasteiger partial charge on any atom is -0.394 e. The molecule has 0 heterocycles. The second-order valence-corrected chi connectivity index (χ2v) is 4.77. The second-order valence-electron chi connectivity index (χ2n) is 4.77. The number of rotatable bonds is 6. The Morgan fingerprint density at radius 3 is 2.53 bits per heavy atom. The maximum absolute atomic E-state index is 9.31. The second kappa shape index (κ2) is 6.74. The molecule has 0 aliphatic carbocycles. The van der Waals surface area contributed by atoms with Gasteiger partial charge in [0.1, 0.15) is 0 Å². The molecule has 0 aromatic heterocycles. The molecule has 1 aromatic carbocycles. The van der Waals surface area contributed by atoms with E-state index >= 15 is 0 Å². The van der Waals surface area contributed by atoms with Crippen LogP contribution in [0.5, 0.6) is 0 Å². The zero-order chi connectivity index (χ0) is 12.8. The van der Waals surface area contributed by atoms with Crippen molar-refractivity contribution in [2.45, 2.75) is 26.4 Å². The van der Waals surface area contributed by atoms with Crippen LogP contribution in [0.1, 0.15) is 16.7 Å². The normalized spacial score (nSPS) is 13.1. The summed E-state index contributed by atoms with van der Waals surface area (Å²) in [6.07, 6.45) is 0.329. The van der Waals surface area contributed by atoms with Gasteiger partial charge in [-0.05, 0) is 44.0 Å². The first-order chi connectivity index (χ1) is 8.02. The predicted octanol–water partition coefficient (Wildman–Crippen LogP) is 1.13. The average molecular weight is 237 g/mol. The summed E-state index contributed by atoms with van der Waals surface area (Å²) < 4.78 is 0. The van der Waals surface area contributed by atoms with E-state index in [2.05, 4.69) is 32.0 Å². The number of likely N-dealkylation sites (N-methyl/N-ethyl adjacent to an activating group) is 1. The van der Waals surface area contributed by atoms with Crippen LogP contribution in [0.4, 0.5) is 0 Å². The number of hydrogen-bond acceptors (Lipinski definition) is 3. The quantitative estimate of drug-likeness (QED) is 0.779. The highest BCUT2D eigenvalue weighted by atomic mass is 16.3. The van der Waals surface area contributed by atoms with Crippen molar-refractivity contribution in [2.24, 2.45) is 0 Å². The van der Waals surface area contributed by atoms with Gasteiger partial charge in [-0.1, -0.05) is 18.2 Å². The fourth-order valence-electron chi connectivity index (χ4n) is 1.79. The molecule has 0 saturated carbocycles. The van der Waals surface area contributed by atoms with E-state index in [-0.39, 0.29) is 6.61 Å². The molecule has 3 heteroatoms. The summed E-state index contributed by atoms with van der Waals surface area (Å²) in [4.78, 5) is 2.04. The van der Waals surface area contributed by atoms with Crippen molar-refractivity contribution >= 4 is 0 Å². The Bertz CT molecular complexity index is 352. The summed E-state index contributed by atoms with van der Waals surface area (Å²) in [6.45, 7) is 5.47. The van der Waals surface area contributed by atoms with Crippen LogP contribution in [0.3, 0.4) is 0 Å². The maximum Gasteiger partial charge on any atom is 0.0897 e. The Morgan fingerprint density at radius 1 is 1.24 bits per heavy atom. The zero-order valence-corrected chi connectivity index (χ0v) is 11.0. The first-order valence-corrected chi connectivity index (χ1v) is 6.06. The van der Waals surface area contributed by atoms with Gasteiger partial charge >= 0.3 is 0 Å². The van der Waals surface area contributed by atoms with Crippen molar-refractivity contribution in [3.05, 3.63) is 34.9 Å². The lowest BCUT2D eigenvalue weighted by Gasteiger charge is -2.19. The minimum atomic E-state index is -0.639. The summed E-state index contributed by atoms with van der Waals surface area (Å²) in [6, 6.07) is 6.51. The molecule has 0 radical (unpaired) electrons. The lowest BCUT2D eigenvalue weighted by molar-refractivity contribution is 0.0669. The molecule has 0 amide bonds. The molecule has 0 aliphatic rings. The first kappa shape index (κ1) is 14.2. The van der Waals surface area contributed by atoms with Gasteiger partial charge in [-0.25, -0.2) is 0 Å². The van der Waals surface area contributed by atoms with E-state index in [0.717, 1.165) is 13.0 Å². The van der Waals surface area contributed by atoms with Crippen LogP contribution in [-0.2, 0) is 6.42 Å². The van der Waals surface area contributed by atoms with Crippen molar-refractivity contribution < 1.29 is 10.2 Å². The third-order valence-corrected chi connectivity index (χ3v) is 3.09. The molecule has 17 heavy (non-hydrogen) atoms. The standard InChI is InChI=1S/C14H23NO2/c1-11-4-5-13(8-12(11)2)6-7-15(3)9-14(17)10-16/h4-5,8,14,16-17H,6-7,9-10H2,1-3H3. The van der Waals surface area contributed by atoms with Crippen molar-refractivity contribution in [1.29, 1.82) is 0 Å². The number of nitrogens with zero attached hydrogens (tertiary/aromatic N) is 1. The van der Waals surface area contributed by atoms with E-state index in [1.54, 1.807) is 0 Å². The molecule has 0 saturated heterocycles. The summed E-state index contributed by atoms with van der Waals surface area (Å²) in [7, 11) is 1.96. The van der Waals surface area contributed by atoms with E-state index < -0.39 is 6.10 Å². The lowest BCUT2D eigenvalue weighted by atomic mass is 10.0. The summed E-state index contributed by atoms with van der Waals surface area (Å²) in [5, 5.41) is 18.1. The van der Waals surface area contributed by atoms with Crippen LogP contribution >= 0.6 is 0 Å². The Balaban J connectivity index is 2.42. The molecule has 0 bridgehead atoms. The molecule has 1 aromatic rings. The summed E-state index contributed by atoms with van der Waals surface area (Å²) >= 11 is 0. The van der Waals surface area contributed by atoms with Crippen molar-refractivity contribution in [1.82, 2.24) is 4.90 Å². The molecule has 0 aliphatic heterocycles. The fourth-order valence-corrected chi connectivity index (χ4v) is 1.79. The van der Waals surface area contributed by atoms with Crippen molar-refractivity contribution in [2.75, 3.05) is 26.7 Å². The molecule has 1 unspecified atom stereocenters.